The Kier molecular flexibility index (Phi) is 4.91. The lowest BCUT2D eigenvalue weighted by Crippen LogP contribution is -2.13. The minimum absolute atomic E-state index is 0.239. The molecule has 2 aromatic carbocycles. The number of rotatable bonds is 5. The zero-order chi connectivity index (χ0) is 16.9. The van der Waals surface area contributed by atoms with Gasteiger partial charge in [0.05, 0.1) is 12.3 Å². The maximum Gasteiger partial charge on any atom is 0.275 e. The van der Waals surface area contributed by atoms with Gasteiger partial charge >= 0.3 is 0 Å². The summed E-state index contributed by atoms with van der Waals surface area (Å²) in [7, 11) is 0. The number of carbonyl (C=O) groups excluding carboxylic acids is 1. The predicted octanol–water partition coefficient (Wildman–Crippen LogP) is 4.77. The van der Waals surface area contributed by atoms with Crippen molar-refractivity contribution in [3.63, 3.8) is 0 Å². The summed E-state index contributed by atoms with van der Waals surface area (Å²) in [5, 5.41) is 5.47. The summed E-state index contributed by atoms with van der Waals surface area (Å²) >= 11 is 1.46. The molecule has 122 valence electrons. The molecule has 0 aliphatic carbocycles. The molecule has 4 nitrogen and oxygen atoms in total. The van der Waals surface area contributed by atoms with Gasteiger partial charge in [-0.2, -0.15) is 0 Å². The van der Waals surface area contributed by atoms with Gasteiger partial charge in [-0.1, -0.05) is 42.0 Å². The Morgan fingerprint density at radius 2 is 1.92 bits per heavy atom. The van der Waals surface area contributed by atoms with Crippen LogP contribution in [0, 0.1) is 6.92 Å². The third-order valence-electron chi connectivity index (χ3n) is 3.47. The van der Waals surface area contributed by atoms with E-state index in [1.54, 1.807) is 5.38 Å². The van der Waals surface area contributed by atoms with Crippen LogP contribution in [0.4, 0.5) is 5.69 Å². The topological polar surface area (TPSA) is 51.2 Å². The van der Waals surface area contributed by atoms with E-state index in [0.717, 1.165) is 10.6 Å². The summed E-state index contributed by atoms with van der Waals surface area (Å²) < 4.78 is 5.53. The fourth-order valence-electron chi connectivity index (χ4n) is 2.24. The highest BCUT2D eigenvalue weighted by Gasteiger charge is 2.14. The molecule has 24 heavy (non-hydrogen) atoms. The molecule has 3 rings (SSSR count). The Hall–Kier alpha value is -2.66. The van der Waals surface area contributed by atoms with Crippen LogP contribution >= 0.6 is 11.3 Å². The van der Waals surface area contributed by atoms with Crippen molar-refractivity contribution >= 4 is 22.9 Å². The maximum absolute atomic E-state index is 12.4. The van der Waals surface area contributed by atoms with Crippen molar-refractivity contribution in [3.8, 4) is 16.3 Å². The average molecular weight is 338 g/mol. The van der Waals surface area contributed by atoms with E-state index < -0.39 is 0 Å². The van der Waals surface area contributed by atoms with Crippen molar-refractivity contribution in [2.45, 2.75) is 13.8 Å². The first-order valence-corrected chi connectivity index (χ1v) is 8.61. The lowest BCUT2D eigenvalue weighted by Gasteiger charge is -2.10. The van der Waals surface area contributed by atoms with Crippen LogP contribution in [0.15, 0.2) is 53.9 Å². The van der Waals surface area contributed by atoms with Gasteiger partial charge in [0.1, 0.15) is 16.5 Å². The van der Waals surface area contributed by atoms with Gasteiger partial charge in [-0.25, -0.2) is 4.98 Å². The highest BCUT2D eigenvalue weighted by molar-refractivity contribution is 7.13. The van der Waals surface area contributed by atoms with Crippen LogP contribution in [-0.2, 0) is 0 Å². The van der Waals surface area contributed by atoms with Crippen molar-refractivity contribution in [2.75, 3.05) is 11.9 Å². The summed E-state index contributed by atoms with van der Waals surface area (Å²) in [6.45, 7) is 4.49. The summed E-state index contributed by atoms with van der Waals surface area (Å²) in [6, 6.07) is 15.5. The fourth-order valence-corrected chi connectivity index (χ4v) is 3.05. The van der Waals surface area contributed by atoms with Gasteiger partial charge in [-0.3, -0.25) is 4.79 Å². The zero-order valence-corrected chi connectivity index (χ0v) is 14.4. The van der Waals surface area contributed by atoms with Crippen molar-refractivity contribution in [1.29, 1.82) is 0 Å². The Morgan fingerprint density at radius 1 is 1.17 bits per heavy atom. The molecule has 0 fully saturated rings. The number of aromatic nitrogens is 1. The van der Waals surface area contributed by atoms with Crippen LogP contribution < -0.4 is 10.1 Å². The monoisotopic (exact) mass is 338 g/mol. The molecule has 0 bridgehead atoms. The molecule has 1 heterocycles. The SMILES string of the molecule is CCOc1ccccc1NC(=O)c1csc(-c2ccc(C)cc2)n1. The van der Waals surface area contributed by atoms with Crippen LogP contribution in [0.25, 0.3) is 10.6 Å². The van der Waals surface area contributed by atoms with Gasteiger partial charge in [-0.15, -0.1) is 11.3 Å². The molecule has 0 radical (unpaired) electrons. The molecular formula is C19H18N2O2S. The van der Waals surface area contributed by atoms with Crippen LogP contribution in [-0.4, -0.2) is 17.5 Å². The van der Waals surface area contributed by atoms with E-state index >= 15 is 0 Å². The van der Waals surface area contributed by atoms with Gasteiger partial charge in [0.15, 0.2) is 0 Å². The minimum atomic E-state index is -0.239. The minimum Gasteiger partial charge on any atom is -0.492 e. The molecule has 5 heteroatoms. The number of benzene rings is 2. The molecule has 3 aromatic rings. The van der Waals surface area contributed by atoms with Crippen molar-refractivity contribution < 1.29 is 9.53 Å². The first-order chi connectivity index (χ1) is 11.7. The van der Waals surface area contributed by atoms with Gasteiger partial charge in [0.25, 0.3) is 5.91 Å². The molecule has 0 saturated heterocycles. The first kappa shape index (κ1) is 16.2. The third kappa shape index (κ3) is 3.63. The number of amides is 1. The van der Waals surface area contributed by atoms with E-state index in [4.69, 9.17) is 4.74 Å². The van der Waals surface area contributed by atoms with Crippen LogP contribution in [0.5, 0.6) is 5.75 Å². The number of thiazole rings is 1. The van der Waals surface area contributed by atoms with E-state index in [0.29, 0.717) is 23.7 Å². The molecule has 1 aromatic heterocycles. The number of aryl methyl sites for hydroxylation is 1. The second kappa shape index (κ2) is 7.27. The number of carbonyl (C=O) groups is 1. The van der Waals surface area contributed by atoms with Crippen LogP contribution in [0.2, 0.25) is 0 Å². The maximum atomic E-state index is 12.4. The molecule has 0 saturated carbocycles. The van der Waals surface area contributed by atoms with E-state index in [2.05, 4.69) is 10.3 Å². The second-order valence-corrected chi connectivity index (χ2v) is 6.15. The van der Waals surface area contributed by atoms with E-state index in [9.17, 15) is 4.79 Å². The first-order valence-electron chi connectivity index (χ1n) is 7.73. The number of nitrogens with one attached hydrogen (secondary N) is 1. The molecular weight excluding hydrogens is 320 g/mol. The number of hydrogen-bond donors (Lipinski definition) is 1. The smallest absolute Gasteiger partial charge is 0.275 e. The zero-order valence-electron chi connectivity index (χ0n) is 13.6. The molecule has 0 aliphatic rings. The second-order valence-electron chi connectivity index (χ2n) is 5.29. The largest absolute Gasteiger partial charge is 0.492 e. The van der Waals surface area contributed by atoms with Gasteiger partial charge in [-0.05, 0) is 26.0 Å². The van der Waals surface area contributed by atoms with Crippen molar-refractivity contribution in [3.05, 3.63) is 65.2 Å². The van der Waals surface area contributed by atoms with Crippen molar-refractivity contribution in [2.24, 2.45) is 0 Å². The summed E-state index contributed by atoms with van der Waals surface area (Å²) in [5.41, 5.74) is 3.26. The predicted molar refractivity (Wildman–Crippen MR) is 97.9 cm³/mol. The lowest BCUT2D eigenvalue weighted by atomic mass is 10.2. The summed E-state index contributed by atoms with van der Waals surface area (Å²) in [6.07, 6.45) is 0. The molecule has 1 N–H and O–H groups in total. The van der Waals surface area contributed by atoms with Gasteiger partial charge < -0.3 is 10.1 Å². The van der Waals surface area contributed by atoms with Gasteiger partial charge in [0, 0.05) is 10.9 Å². The summed E-state index contributed by atoms with van der Waals surface area (Å²) in [4.78, 5) is 16.9. The third-order valence-corrected chi connectivity index (χ3v) is 4.36. The quantitative estimate of drug-likeness (QED) is 0.729. The average Bonchev–Trinajstić information content (AvgIpc) is 3.08. The number of para-hydroxylation sites is 2. The number of hydrogen-bond acceptors (Lipinski definition) is 4. The normalized spacial score (nSPS) is 10.4. The molecule has 0 aliphatic heterocycles. The Bertz CT molecular complexity index is 841. The molecule has 0 atom stereocenters. The lowest BCUT2D eigenvalue weighted by molar-refractivity contribution is 0.102. The van der Waals surface area contributed by atoms with Gasteiger partial charge in [0.2, 0.25) is 0 Å². The molecule has 0 unspecified atom stereocenters. The van der Waals surface area contributed by atoms with Crippen LogP contribution in [0.3, 0.4) is 0 Å². The van der Waals surface area contributed by atoms with E-state index in [1.165, 1.54) is 16.9 Å². The van der Waals surface area contributed by atoms with Crippen molar-refractivity contribution in [1.82, 2.24) is 4.98 Å². The molecule has 1 amide bonds. The van der Waals surface area contributed by atoms with E-state index in [1.807, 2.05) is 62.4 Å². The highest BCUT2D eigenvalue weighted by atomic mass is 32.1. The van der Waals surface area contributed by atoms with E-state index in [-0.39, 0.29) is 5.91 Å². The molecule has 0 spiro atoms. The van der Waals surface area contributed by atoms with Crippen LogP contribution in [0.1, 0.15) is 23.0 Å². The highest BCUT2D eigenvalue weighted by Crippen LogP contribution is 2.27. The Labute approximate surface area is 145 Å². The number of anilines is 1. The fraction of sp³-hybridized carbons (Fsp3) is 0.158. The number of nitrogens with zero attached hydrogens (tertiary/aromatic N) is 1. The Balaban J connectivity index is 1.78. The number of ether oxygens (including phenoxy) is 1. The Morgan fingerprint density at radius 3 is 2.67 bits per heavy atom. The summed E-state index contributed by atoms with van der Waals surface area (Å²) in [5.74, 6) is 0.416. The standard InChI is InChI=1S/C19H18N2O2S/c1-3-23-17-7-5-4-6-15(17)20-18(22)16-12-24-19(21-16)14-10-8-13(2)9-11-14/h4-12H,3H2,1-2H3,(H,20,22).